The summed E-state index contributed by atoms with van der Waals surface area (Å²) in [6.45, 7) is 13.7. The minimum Gasteiger partial charge on any atom is -0.290 e. The van der Waals surface area contributed by atoms with Crippen LogP contribution in [0.4, 0.5) is 0 Å². The maximum absolute atomic E-state index is 4.97. The molecule has 0 saturated carbocycles. The Kier molecular flexibility index (Phi) is 5.00. The van der Waals surface area contributed by atoms with Crippen molar-refractivity contribution in [3.63, 3.8) is 0 Å². The van der Waals surface area contributed by atoms with Gasteiger partial charge in [0.05, 0.1) is 22.9 Å². The van der Waals surface area contributed by atoms with Gasteiger partial charge in [0.25, 0.3) is 0 Å². The lowest BCUT2D eigenvalue weighted by Gasteiger charge is -2.23. The van der Waals surface area contributed by atoms with Gasteiger partial charge in [-0.25, -0.2) is 4.98 Å². The van der Waals surface area contributed by atoms with E-state index in [-0.39, 0.29) is 0 Å². The zero-order valence-electron chi connectivity index (χ0n) is 19.8. The highest BCUT2D eigenvalue weighted by molar-refractivity contribution is 6.10. The van der Waals surface area contributed by atoms with Crippen LogP contribution in [-0.2, 0) is 0 Å². The Morgan fingerprint density at radius 3 is 2.00 bits per heavy atom. The summed E-state index contributed by atoms with van der Waals surface area (Å²) in [4.78, 5) is 9.74. The Hall–Kier alpha value is -3.20. The first kappa shape index (κ1) is 20.7. The molecular weight excluding hydrogens is 390 g/mol. The third kappa shape index (κ3) is 3.10. The Bertz CT molecular complexity index is 1430. The quantitative estimate of drug-likeness (QED) is 0.275. The third-order valence-electron chi connectivity index (χ3n) is 6.60. The van der Waals surface area contributed by atoms with Gasteiger partial charge in [-0.05, 0) is 46.6 Å². The summed E-state index contributed by atoms with van der Waals surface area (Å²) in [6.07, 6.45) is 3.95. The minimum atomic E-state index is 0.414. The van der Waals surface area contributed by atoms with Crippen LogP contribution in [0.1, 0.15) is 76.0 Å². The van der Waals surface area contributed by atoms with Gasteiger partial charge < -0.3 is 0 Å². The number of nitrogens with zero attached hydrogens (tertiary/aromatic N) is 3. The van der Waals surface area contributed by atoms with E-state index in [0.717, 1.165) is 33.1 Å². The van der Waals surface area contributed by atoms with E-state index < -0.39 is 0 Å². The summed E-state index contributed by atoms with van der Waals surface area (Å²) in [5.41, 5.74) is 9.80. The number of aromatic nitrogens is 3. The minimum absolute atomic E-state index is 0.414. The van der Waals surface area contributed by atoms with Gasteiger partial charge in [0.1, 0.15) is 5.65 Å². The van der Waals surface area contributed by atoms with E-state index in [1.807, 2.05) is 12.3 Å². The highest BCUT2D eigenvalue weighted by atomic mass is 15.0. The Morgan fingerprint density at radius 1 is 0.719 bits per heavy atom. The first-order valence-electron chi connectivity index (χ1n) is 11.7. The maximum Gasteiger partial charge on any atom is 0.145 e. The van der Waals surface area contributed by atoms with Gasteiger partial charge in [-0.15, -0.1) is 0 Å². The maximum atomic E-state index is 4.97. The fourth-order valence-corrected chi connectivity index (χ4v) is 4.88. The van der Waals surface area contributed by atoms with E-state index >= 15 is 0 Å². The topological polar surface area (TPSA) is 30.2 Å². The molecule has 3 heteroatoms. The number of rotatable bonds is 4. The van der Waals surface area contributed by atoms with Crippen molar-refractivity contribution in [3.8, 4) is 11.3 Å². The summed E-state index contributed by atoms with van der Waals surface area (Å²) < 4.78 is 2.33. The molecule has 0 N–H and O–H groups in total. The van der Waals surface area contributed by atoms with Crippen molar-refractivity contribution in [1.82, 2.24) is 14.4 Å². The highest BCUT2D eigenvalue weighted by Gasteiger charge is 2.22. The van der Waals surface area contributed by atoms with E-state index in [4.69, 9.17) is 9.97 Å². The lowest BCUT2D eigenvalue weighted by Crippen LogP contribution is -2.05. The number of fused-ring (bicyclic) bond motifs is 6. The molecule has 0 spiro atoms. The van der Waals surface area contributed by atoms with Crippen molar-refractivity contribution in [2.45, 2.75) is 59.3 Å². The highest BCUT2D eigenvalue weighted by Crippen LogP contribution is 2.40. The van der Waals surface area contributed by atoms with Crippen molar-refractivity contribution < 1.29 is 0 Å². The predicted molar refractivity (Wildman–Crippen MR) is 136 cm³/mol. The van der Waals surface area contributed by atoms with E-state index in [1.54, 1.807) is 0 Å². The van der Waals surface area contributed by atoms with Gasteiger partial charge in [-0.3, -0.25) is 9.38 Å². The molecule has 3 heterocycles. The monoisotopic (exact) mass is 421 g/mol. The van der Waals surface area contributed by atoms with Gasteiger partial charge >= 0.3 is 0 Å². The van der Waals surface area contributed by atoms with Crippen LogP contribution in [0.3, 0.4) is 0 Å². The van der Waals surface area contributed by atoms with Crippen LogP contribution in [0.5, 0.6) is 0 Å². The largest absolute Gasteiger partial charge is 0.290 e. The Balaban J connectivity index is 1.97. The number of imidazole rings is 1. The predicted octanol–water partition coefficient (Wildman–Crippen LogP) is 8.07. The Morgan fingerprint density at radius 2 is 1.38 bits per heavy atom. The molecule has 0 bridgehead atoms. The molecule has 3 nitrogen and oxygen atoms in total. The van der Waals surface area contributed by atoms with Gasteiger partial charge in [-0.1, -0.05) is 77.9 Å². The third-order valence-corrected chi connectivity index (χ3v) is 6.60. The van der Waals surface area contributed by atoms with Crippen molar-refractivity contribution in [3.05, 3.63) is 77.6 Å². The second kappa shape index (κ2) is 7.74. The molecule has 0 aliphatic rings. The molecule has 32 heavy (non-hydrogen) atoms. The molecule has 0 aliphatic carbocycles. The molecule has 5 rings (SSSR count). The van der Waals surface area contributed by atoms with E-state index in [0.29, 0.717) is 17.8 Å². The average molecular weight is 422 g/mol. The second-order valence-electron chi connectivity index (χ2n) is 9.76. The van der Waals surface area contributed by atoms with Crippen LogP contribution < -0.4 is 0 Å². The van der Waals surface area contributed by atoms with E-state index in [2.05, 4.69) is 94.6 Å². The fourth-order valence-electron chi connectivity index (χ4n) is 4.88. The molecule has 0 atom stereocenters. The molecule has 0 unspecified atom stereocenters. The number of benzene rings is 2. The zero-order valence-corrected chi connectivity index (χ0v) is 19.8. The zero-order chi connectivity index (χ0) is 22.6. The lowest BCUT2D eigenvalue weighted by molar-refractivity contribution is 0.806. The van der Waals surface area contributed by atoms with Crippen LogP contribution in [0.2, 0.25) is 0 Å². The lowest BCUT2D eigenvalue weighted by atomic mass is 9.83. The van der Waals surface area contributed by atoms with E-state index in [9.17, 15) is 0 Å². The molecule has 162 valence electrons. The molecular formula is C29H31N3. The normalized spacial score (nSPS) is 12.3. The fraction of sp³-hybridized carbons (Fsp3) is 0.310. The van der Waals surface area contributed by atoms with Gasteiger partial charge in [0.2, 0.25) is 0 Å². The first-order valence-corrected chi connectivity index (χ1v) is 11.7. The molecule has 0 fully saturated rings. The molecule has 0 radical (unpaired) electrons. The standard InChI is InChI=1S/C29H31N3/c1-17(2)20-14-23(18(3)4)27(24(15-20)19(5)6)26-16-31-29-22-11-8-7-10-21(22)28-25(32(26)29)12-9-13-30-28/h7-19H,1-6H3. The summed E-state index contributed by atoms with van der Waals surface area (Å²) in [7, 11) is 0. The SMILES string of the molecule is CC(C)c1cc(C(C)C)c(-c2cnc3c4ccccc4c4ncccc4n23)c(C(C)C)c1. The molecule has 5 aromatic rings. The summed E-state index contributed by atoms with van der Waals surface area (Å²) in [6, 6.07) is 17.5. The summed E-state index contributed by atoms with van der Waals surface area (Å²) in [5.74, 6) is 1.32. The van der Waals surface area contributed by atoms with Gasteiger partial charge in [0.15, 0.2) is 0 Å². The van der Waals surface area contributed by atoms with Crippen molar-refractivity contribution >= 4 is 27.5 Å². The van der Waals surface area contributed by atoms with Gasteiger partial charge in [0, 0.05) is 22.5 Å². The number of hydrogen-bond acceptors (Lipinski definition) is 2. The van der Waals surface area contributed by atoms with Crippen LogP contribution in [0, 0.1) is 0 Å². The number of hydrogen-bond donors (Lipinski definition) is 0. The molecule has 0 aliphatic heterocycles. The summed E-state index contributed by atoms with van der Waals surface area (Å²) in [5, 5.41) is 2.29. The Labute approximate surface area is 190 Å². The average Bonchev–Trinajstić information content (AvgIpc) is 3.23. The summed E-state index contributed by atoms with van der Waals surface area (Å²) >= 11 is 0. The smallest absolute Gasteiger partial charge is 0.145 e. The first-order chi connectivity index (χ1) is 15.4. The van der Waals surface area contributed by atoms with Crippen LogP contribution in [0.15, 0.2) is 60.9 Å². The van der Waals surface area contributed by atoms with Crippen LogP contribution >= 0.6 is 0 Å². The van der Waals surface area contributed by atoms with Crippen molar-refractivity contribution in [1.29, 1.82) is 0 Å². The molecule has 2 aromatic carbocycles. The van der Waals surface area contributed by atoms with Gasteiger partial charge in [-0.2, -0.15) is 0 Å². The number of pyridine rings is 2. The molecule has 0 amide bonds. The van der Waals surface area contributed by atoms with Crippen molar-refractivity contribution in [2.24, 2.45) is 0 Å². The second-order valence-corrected chi connectivity index (χ2v) is 9.76. The van der Waals surface area contributed by atoms with Crippen molar-refractivity contribution in [2.75, 3.05) is 0 Å². The molecule has 0 saturated heterocycles. The van der Waals surface area contributed by atoms with E-state index in [1.165, 1.54) is 22.3 Å². The van der Waals surface area contributed by atoms with Crippen LogP contribution in [0.25, 0.3) is 38.7 Å². The molecule has 3 aromatic heterocycles. The van der Waals surface area contributed by atoms with Crippen LogP contribution in [-0.4, -0.2) is 14.4 Å².